The third-order valence-corrected chi connectivity index (χ3v) is 2.73. The summed E-state index contributed by atoms with van der Waals surface area (Å²) in [5.74, 6) is 0. The Labute approximate surface area is 100 Å². The van der Waals surface area contributed by atoms with Crippen molar-refractivity contribution in [3.8, 4) is 0 Å². The maximum absolute atomic E-state index is 11.7. The van der Waals surface area contributed by atoms with Crippen LogP contribution in [0.1, 0.15) is 6.92 Å². The van der Waals surface area contributed by atoms with Crippen molar-refractivity contribution < 1.29 is 0 Å². The van der Waals surface area contributed by atoms with Gasteiger partial charge in [-0.1, -0.05) is 11.6 Å². The fourth-order valence-corrected chi connectivity index (χ4v) is 1.64. The zero-order chi connectivity index (χ0) is 12.1. The van der Waals surface area contributed by atoms with Gasteiger partial charge in [0.25, 0.3) is 5.56 Å². The number of halogens is 1. The number of hydrogen-bond donors (Lipinski definition) is 1. The molecule has 0 aliphatic rings. The summed E-state index contributed by atoms with van der Waals surface area (Å²) in [6.07, 6.45) is 1.63. The molecule has 1 heterocycles. The zero-order valence-electron chi connectivity index (χ0n) is 9.83. The van der Waals surface area contributed by atoms with Crippen molar-refractivity contribution in [3.63, 3.8) is 0 Å². The van der Waals surface area contributed by atoms with E-state index in [2.05, 4.69) is 10.4 Å². The molecule has 0 aliphatic carbocycles. The first-order chi connectivity index (χ1) is 7.61. The van der Waals surface area contributed by atoms with Crippen molar-refractivity contribution in [1.82, 2.24) is 15.1 Å². The van der Waals surface area contributed by atoms with Gasteiger partial charge >= 0.3 is 0 Å². The van der Waals surface area contributed by atoms with E-state index >= 15 is 0 Å². The Morgan fingerprint density at radius 3 is 2.88 bits per heavy atom. The Morgan fingerprint density at radius 1 is 1.62 bits per heavy atom. The van der Waals surface area contributed by atoms with Crippen LogP contribution in [0.15, 0.2) is 11.0 Å². The van der Waals surface area contributed by atoms with Crippen LogP contribution in [0.5, 0.6) is 0 Å². The van der Waals surface area contributed by atoms with Crippen molar-refractivity contribution in [2.75, 3.05) is 32.1 Å². The molecular weight excluding hydrogens is 228 g/mol. The Kier molecular flexibility index (Phi) is 4.76. The molecule has 90 valence electrons. The van der Waals surface area contributed by atoms with Crippen LogP contribution in [0.3, 0.4) is 0 Å². The molecule has 0 saturated carbocycles. The zero-order valence-corrected chi connectivity index (χ0v) is 10.6. The maximum Gasteiger partial charge on any atom is 0.287 e. The number of hydrogen-bond acceptors (Lipinski definition) is 4. The van der Waals surface area contributed by atoms with Gasteiger partial charge in [-0.2, -0.15) is 5.10 Å². The Morgan fingerprint density at radius 2 is 2.31 bits per heavy atom. The third kappa shape index (κ3) is 2.74. The minimum atomic E-state index is -0.238. The summed E-state index contributed by atoms with van der Waals surface area (Å²) >= 11 is 6.02. The SMILES string of the molecule is CCn1ncc(N(C)CCNC)c(Cl)c1=O. The van der Waals surface area contributed by atoms with Crippen LogP contribution in [0, 0.1) is 0 Å². The number of nitrogens with zero attached hydrogens (tertiary/aromatic N) is 3. The average molecular weight is 245 g/mol. The molecule has 16 heavy (non-hydrogen) atoms. The van der Waals surface area contributed by atoms with E-state index in [1.165, 1.54) is 4.68 Å². The van der Waals surface area contributed by atoms with E-state index in [0.29, 0.717) is 12.2 Å². The average Bonchev–Trinajstić information content (AvgIpc) is 2.29. The van der Waals surface area contributed by atoms with Crippen LogP contribution in [0.25, 0.3) is 0 Å². The molecular formula is C10H17ClN4O. The van der Waals surface area contributed by atoms with Crippen LogP contribution < -0.4 is 15.8 Å². The van der Waals surface area contributed by atoms with E-state index in [1.807, 2.05) is 25.9 Å². The minimum absolute atomic E-state index is 0.232. The summed E-state index contributed by atoms with van der Waals surface area (Å²) < 4.78 is 1.34. The van der Waals surface area contributed by atoms with E-state index in [4.69, 9.17) is 11.6 Å². The van der Waals surface area contributed by atoms with Gasteiger partial charge in [0.15, 0.2) is 0 Å². The lowest BCUT2D eigenvalue weighted by Gasteiger charge is -2.19. The maximum atomic E-state index is 11.7. The third-order valence-electron chi connectivity index (χ3n) is 2.37. The predicted molar refractivity (Wildman–Crippen MR) is 66.4 cm³/mol. The Hall–Kier alpha value is -1.07. The quantitative estimate of drug-likeness (QED) is 0.823. The van der Waals surface area contributed by atoms with Gasteiger partial charge in [-0.05, 0) is 14.0 Å². The lowest BCUT2D eigenvalue weighted by molar-refractivity contribution is 0.614. The lowest BCUT2D eigenvalue weighted by Crippen LogP contribution is -2.30. The predicted octanol–water partition coefficient (Wildman–Crippen LogP) is 0.572. The van der Waals surface area contributed by atoms with Crippen LogP contribution in [0.4, 0.5) is 5.69 Å². The van der Waals surface area contributed by atoms with Crippen molar-refractivity contribution >= 4 is 17.3 Å². The fourth-order valence-electron chi connectivity index (χ4n) is 1.35. The molecule has 0 aliphatic heterocycles. The van der Waals surface area contributed by atoms with Crippen LogP contribution in [0.2, 0.25) is 5.02 Å². The number of anilines is 1. The molecule has 0 bridgehead atoms. The van der Waals surface area contributed by atoms with Gasteiger partial charge in [0.1, 0.15) is 5.02 Å². The van der Waals surface area contributed by atoms with Crippen molar-refractivity contribution in [3.05, 3.63) is 21.6 Å². The number of likely N-dealkylation sites (N-methyl/N-ethyl adjacent to an activating group) is 2. The smallest absolute Gasteiger partial charge is 0.287 e. The summed E-state index contributed by atoms with van der Waals surface area (Å²) in [6, 6.07) is 0. The second-order valence-corrected chi connectivity index (χ2v) is 3.87. The Bertz CT molecular complexity index is 404. The summed E-state index contributed by atoms with van der Waals surface area (Å²) in [5.41, 5.74) is 0.435. The van der Waals surface area contributed by atoms with E-state index in [-0.39, 0.29) is 10.6 Å². The van der Waals surface area contributed by atoms with Gasteiger partial charge in [-0.25, -0.2) is 4.68 Å². The first kappa shape index (κ1) is 13.0. The highest BCUT2D eigenvalue weighted by Gasteiger charge is 2.11. The van der Waals surface area contributed by atoms with Gasteiger partial charge < -0.3 is 10.2 Å². The molecule has 0 fully saturated rings. The second-order valence-electron chi connectivity index (χ2n) is 3.49. The molecule has 0 unspecified atom stereocenters. The molecule has 6 heteroatoms. The van der Waals surface area contributed by atoms with Crippen LogP contribution >= 0.6 is 11.6 Å². The molecule has 0 spiro atoms. The summed E-state index contributed by atoms with van der Waals surface area (Å²) in [4.78, 5) is 13.6. The first-order valence-electron chi connectivity index (χ1n) is 5.23. The van der Waals surface area contributed by atoms with E-state index in [9.17, 15) is 4.79 Å². The van der Waals surface area contributed by atoms with E-state index < -0.39 is 0 Å². The minimum Gasteiger partial charge on any atom is -0.371 e. The highest BCUT2D eigenvalue weighted by Crippen LogP contribution is 2.18. The summed E-state index contributed by atoms with van der Waals surface area (Å²) in [5, 5.41) is 7.31. The van der Waals surface area contributed by atoms with Crippen molar-refractivity contribution in [1.29, 1.82) is 0 Å². The van der Waals surface area contributed by atoms with Crippen molar-refractivity contribution in [2.45, 2.75) is 13.5 Å². The van der Waals surface area contributed by atoms with Gasteiger partial charge in [0.2, 0.25) is 0 Å². The Balaban J connectivity index is 2.98. The number of rotatable bonds is 5. The molecule has 0 saturated heterocycles. The summed E-state index contributed by atoms with van der Waals surface area (Å²) in [6.45, 7) is 3.98. The highest BCUT2D eigenvalue weighted by atomic mass is 35.5. The normalized spacial score (nSPS) is 10.5. The van der Waals surface area contributed by atoms with Crippen LogP contribution in [-0.4, -0.2) is 37.0 Å². The standard InChI is InChI=1S/C10H17ClN4O/c1-4-15-10(16)9(11)8(7-13-15)14(3)6-5-12-2/h7,12H,4-6H2,1-3H3. The number of aryl methyl sites for hydroxylation is 1. The van der Waals surface area contributed by atoms with Crippen molar-refractivity contribution in [2.24, 2.45) is 0 Å². The molecule has 1 aromatic rings. The van der Waals surface area contributed by atoms with Gasteiger partial charge in [0.05, 0.1) is 11.9 Å². The van der Waals surface area contributed by atoms with Gasteiger partial charge in [-0.15, -0.1) is 0 Å². The molecule has 1 aromatic heterocycles. The molecule has 5 nitrogen and oxygen atoms in total. The largest absolute Gasteiger partial charge is 0.371 e. The number of nitrogens with one attached hydrogen (secondary N) is 1. The first-order valence-corrected chi connectivity index (χ1v) is 5.61. The molecule has 0 atom stereocenters. The lowest BCUT2D eigenvalue weighted by atomic mass is 10.4. The van der Waals surface area contributed by atoms with Gasteiger partial charge in [-0.3, -0.25) is 4.79 Å². The van der Waals surface area contributed by atoms with E-state index in [1.54, 1.807) is 6.20 Å². The monoisotopic (exact) mass is 244 g/mol. The fraction of sp³-hybridized carbons (Fsp3) is 0.600. The second kappa shape index (κ2) is 5.86. The number of aromatic nitrogens is 2. The van der Waals surface area contributed by atoms with E-state index in [0.717, 1.165) is 13.1 Å². The molecule has 0 aromatic carbocycles. The molecule has 0 amide bonds. The highest BCUT2D eigenvalue weighted by molar-refractivity contribution is 6.33. The molecule has 1 rings (SSSR count). The topological polar surface area (TPSA) is 50.2 Å². The molecule has 0 radical (unpaired) electrons. The molecule has 1 N–H and O–H groups in total. The summed E-state index contributed by atoms with van der Waals surface area (Å²) in [7, 11) is 3.76. The van der Waals surface area contributed by atoms with Crippen LogP contribution in [-0.2, 0) is 6.54 Å². The van der Waals surface area contributed by atoms with Gasteiger partial charge in [0, 0.05) is 26.7 Å².